The summed E-state index contributed by atoms with van der Waals surface area (Å²) in [6.45, 7) is 5.24. The Hall–Kier alpha value is -1.77. The molecule has 0 saturated carbocycles. The fourth-order valence-corrected chi connectivity index (χ4v) is 4.56. The second-order valence-corrected chi connectivity index (χ2v) is 9.70. The highest BCUT2D eigenvalue weighted by Crippen LogP contribution is 2.17. The highest BCUT2D eigenvalue weighted by molar-refractivity contribution is 7.86. The second kappa shape index (κ2) is 11.0. The lowest BCUT2D eigenvalue weighted by Crippen LogP contribution is -2.24. The van der Waals surface area contributed by atoms with Crippen molar-refractivity contribution < 1.29 is 17.7 Å². The predicted octanol–water partition coefficient (Wildman–Crippen LogP) is 2.49. The highest BCUT2D eigenvalue weighted by Gasteiger charge is 2.26. The molecule has 2 saturated heterocycles. The molecular weight excluding hydrogens is 400 g/mol. The smallest absolute Gasteiger partial charge is 0.264 e. The SMILES string of the molecule is CS(=O)(=O)OC1CCN(Cc2ccccc2)C1.OC1CCN(Cc2ccccc2)C1. The third kappa shape index (κ3) is 8.16. The minimum absolute atomic E-state index is 0.108. The fraction of sp³-hybridized carbons (Fsp3) is 0.478. The third-order valence-corrected chi connectivity index (χ3v) is 5.91. The molecule has 2 aromatic carbocycles. The second-order valence-electron chi connectivity index (χ2n) is 8.09. The first-order chi connectivity index (χ1) is 14.4. The molecule has 2 aliphatic heterocycles. The van der Waals surface area contributed by atoms with Crippen molar-refractivity contribution in [1.29, 1.82) is 0 Å². The van der Waals surface area contributed by atoms with E-state index in [0.717, 1.165) is 51.8 Å². The third-order valence-electron chi connectivity index (χ3n) is 5.29. The molecule has 0 amide bonds. The van der Waals surface area contributed by atoms with Crippen molar-refractivity contribution in [2.45, 2.75) is 38.1 Å². The quantitative estimate of drug-likeness (QED) is 0.708. The van der Waals surface area contributed by atoms with Crippen molar-refractivity contribution >= 4 is 10.1 Å². The maximum atomic E-state index is 11.0. The number of β-amino-alcohol motifs (C(OH)–C–C–N with tert-alkyl or cyclic N) is 1. The van der Waals surface area contributed by atoms with Crippen molar-refractivity contribution in [3.05, 3.63) is 71.8 Å². The summed E-state index contributed by atoms with van der Waals surface area (Å²) in [5.74, 6) is 0. The van der Waals surface area contributed by atoms with Gasteiger partial charge in [0.1, 0.15) is 0 Å². The van der Waals surface area contributed by atoms with Gasteiger partial charge in [0.2, 0.25) is 0 Å². The lowest BCUT2D eigenvalue weighted by atomic mass is 10.2. The molecule has 30 heavy (non-hydrogen) atoms. The Bertz CT molecular complexity index is 861. The van der Waals surface area contributed by atoms with Gasteiger partial charge in [0.25, 0.3) is 10.1 Å². The zero-order valence-electron chi connectivity index (χ0n) is 17.6. The molecule has 164 valence electrons. The first-order valence-electron chi connectivity index (χ1n) is 10.5. The largest absolute Gasteiger partial charge is 0.392 e. The van der Waals surface area contributed by atoms with Crippen LogP contribution in [0, 0.1) is 0 Å². The van der Waals surface area contributed by atoms with Crippen molar-refractivity contribution in [2.24, 2.45) is 0 Å². The zero-order chi connectivity index (χ0) is 21.4. The summed E-state index contributed by atoms with van der Waals surface area (Å²) in [5.41, 5.74) is 2.57. The lowest BCUT2D eigenvalue weighted by Gasteiger charge is -2.15. The lowest BCUT2D eigenvalue weighted by molar-refractivity contribution is 0.175. The molecule has 0 spiro atoms. The van der Waals surface area contributed by atoms with Crippen LogP contribution in [0.25, 0.3) is 0 Å². The van der Waals surface area contributed by atoms with Crippen molar-refractivity contribution in [3.8, 4) is 0 Å². The minimum Gasteiger partial charge on any atom is -0.392 e. The summed E-state index contributed by atoms with van der Waals surface area (Å²) in [5, 5.41) is 9.34. The van der Waals surface area contributed by atoms with Gasteiger partial charge in [0.05, 0.1) is 18.5 Å². The molecule has 4 rings (SSSR count). The Kier molecular flexibility index (Phi) is 8.41. The van der Waals surface area contributed by atoms with Crippen molar-refractivity contribution in [2.75, 3.05) is 32.4 Å². The molecule has 2 aliphatic rings. The molecule has 1 N–H and O–H groups in total. The molecule has 2 heterocycles. The molecule has 0 radical (unpaired) electrons. The Morgan fingerprint density at radius 2 is 1.37 bits per heavy atom. The van der Waals surface area contributed by atoms with Crippen LogP contribution < -0.4 is 0 Å². The maximum Gasteiger partial charge on any atom is 0.264 e. The van der Waals surface area contributed by atoms with Crippen LogP contribution in [-0.4, -0.2) is 68.0 Å². The standard InChI is InChI=1S/C12H17NO3S.C11H15NO/c1-17(14,15)16-12-7-8-13(10-12)9-11-5-3-2-4-6-11;13-11-6-7-12(9-11)8-10-4-2-1-3-5-10/h2-6,12H,7-10H2,1H3;1-5,11,13H,6-9H2. The molecular formula is C23H32N2O4S. The van der Waals surface area contributed by atoms with Gasteiger partial charge in [0.15, 0.2) is 0 Å². The molecule has 0 aromatic heterocycles. The van der Waals surface area contributed by atoms with E-state index in [0.29, 0.717) is 6.54 Å². The molecule has 2 unspecified atom stereocenters. The van der Waals surface area contributed by atoms with E-state index >= 15 is 0 Å². The summed E-state index contributed by atoms with van der Waals surface area (Å²) in [6, 6.07) is 20.6. The number of hydrogen-bond acceptors (Lipinski definition) is 6. The number of nitrogens with zero attached hydrogens (tertiary/aromatic N) is 2. The molecule has 0 bridgehead atoms. The van der Waals surface area contributed by atoms with Gasteiger partial charge in [-0.3, -0.25) is 14.0 Å². The van der Waals surface area contributed by atoms with Crippen LogP contribution in [-0.2, 0) is 27.4 Å². The molecule has 2 fully saturated rings. The van der Waals surface area contributed by atoms with Gasteiger partial charge < -0.3 is 5.11 Å². The average molecular weight is 433 g/mol. The summed E-state index contributed by atoms with van der Waals surface area (Å²) >= 11 is 0. The number of rotatable bonds is 6. The number of hydrogen-bond donors (Lipinski definition) is 1. The van der Waals surface area contributed by atoms with Crippen LogP contribution in [0.15, 0.2) is 60.7 Å². The van der Waals surface area contributed by atoms with E-state index in [4.69, 9.17) is 4.18 Å². The number of aliphatic hydroxyl groups is 1. The summed E-state index contributed by atoms with van der Waals surface area (Å²) < 4.78 is 27.0. The Balaban J connectivity index is 0.000000177. The normalized spacial score (nSPS) is 22.6. The van der Waals surface area contributed by atoms with Gasteiger partial charge in [-0.2, -0.15) is 8.42 Å². The molecule has 7 heteroatoms. The number of aliphatic hydroxyl groups excluding tert-OH is 1. The molecule has 2 atom stereocenters. The van der Waals surface area contributed by atoms with Crippen LogP contribution in [0.5, 0.6) is 0 Å². The van der Waals surface area contributed by atoms with Crippen LogP contribution in [0.3, 0.4) is 0 Å². The van der Waals surface area contributed by atoms with E-state index in [1.807, 2.05) is 24.3 Å². The van der Waals surface area contributed by atoms with E-state index in [9.17, 15) is 13.5 Å². The van der Waals surface area contributed by atoms with Gasteiger partial charge >= 0.3 is 0 Å². The molecule has 6 nitrogen and oxygen atoms in total. The van der Waals surface area contributed by atoms with Crippen LogP contribution in [0.2, 0.25) is 0 Å². The van der Waals surface area contributed by atoms with E-state index < -0.39 is 10.1 Å². The van der Waals surface area contributed by atoms with Gasteiger partial charge in [-0.05, 0) is 24.0 Å². The first-order valence-corrected chi connectivity index (χ1v) is 12.3. The average Bonchev–Trinajstić information content (AvgIpc) is 3.31. The monoisotopic (exact) mass is 432 g/mol. The van der Waals surface area contributed by atoms with Gasteiger partial charge in [-0.1, -0.05) is 60.7 Å². The first kappa shape index (κ1) is 22.9. The van der Waals surface area contributed by atoms with Crippen LogP contribution in [0.4, 0.5) is 0 Å². The van der Waals surface area contributed by atoms with E-state index in [2.05, 4.69) is 46.2 Å². The van der Waals surface area contributed by atoms with Crippen LogP contribution >= 0.6 is 0 Å². The summed E-state index contributed by atoms with van der Waals surface area (Å²) in [4.78, 5) is 4.51. The Morgan fingerprint density at radius 1 is 0.867 bits per heavy atom. The Morgan fingerprint density at radius 3 is 1.83 bits per heavy atom. The van der Waals surface area contributed by atoms with Gasteiger partial charge in [0, 0.05) is 39.3 Å². The maximum absolute atomic E-state index is 11.0. The van der Waals surface area contributed by atoms with Crippen LogP contribution in [0.1, 0.15) is 24.0 Å². The van der Waals surface area contributed by atoms with Crippen molar-refractivity contribution in [3.63, 3.8) is 0 Å². The minimum atomic E-state index is -3.33. The summed E-state index contributed by atoms with van der Waals surface area (Å²) in [7, 11) is -3.33. The summed E-state index contributed by atoms with van der Waals surface area (Å²) in [6.07, 6.45) is 2.51. The van der Waals surface area contributed by atoms with Gasteiger partial charge in [-0.15, -0.1) is 0 Å². The number of benzene rings is 2. The molecule has 2 aromatic rings. The van der Waals surface area contributed by atoms with E-state index in [1.54, 1.807) is 0 Å². The Labute approximate surface area is 180 Å². The van der Waals surface area contributed by atoms with Gasteiger partial charge in [-0.25, -0.2) is 0 Å². The predicted molar refractivity (Wildman–Crippen MR) is 118 cm³/mol. The topological polar surface area (TPSA) is 70.1 Å². The fourth-order valence-electron chi connectivity index (χ4n) is 3.91. The van der Waals surface area contributed by atoms with Crippen molar-refractivity contribution in [1.82, 2.24) is 9.80 Å². The highest BCUT2D eigenvalue weighted by atomic mass is 32.2. The van der Waals surface area contributed by atoms with E-state index in [-0.39, 0.29) is 12.2 Å². The number of likely N-dealkylation sites (tertiary alicyclic amines) is 2. The zero-order valence-corrected chi connectivity index (χ0v) is 18.4. The molecule has 0 aliphatic carbocycles. The van der Waals surface area contributed by atoms with E-state index in [1.165, 1.54) is 11.1 Å².